The molecule has 3 heterocycles. The van der Waals surface area contributed by atoms with Crippen molar-refractivity contribution >= 4 is 0 Å². The van der Waals surface area contributed by atoms with Crippen LogP contribution in [0.25, 0.3) is 11.5 Å². The Morgan fingerprint density at radius 2 is 1.82 bits per heavy atom. The highest BCUT2D eigenvalue weighted by molar-refractivity contribution is 5.49. The zero-order valence-corrected chi connectivity index (χ0v) is 12.8. The van der Waals surface area contributed by atoms with E-state index in [1.54, 1.807) is 6.20 Å². The lowest BCUT2D eigenvalue weighted by Crippen LogP contribution is -2.11. The van der Waals surface area contributed by atoms with Gasteiger partial charge in [0, 0.05) is 37.4 Å². The molecule has 3 aromatic heterocycles. The molecule has 112 valence electrons. The van der Waals surface area contributed by atoms with Gasteiger partial charge in [-0.3, -0.25) is 4.98 Å². The van der Waals surface area contributed by atoms with E-state index in [0.717, 1.165) is 30.2 Å². The quantitative estimate of drug-likeness (QED) is 0.724. The van der Waals surface area contributed by atoms with Crippen LogP contribution in [0.15, 0.2) is 49.2 Å². The molecule has 0 N–H and O–H groups in total. The number of hydrogen-bond acceptors (Lipinski definition) is 4. The third kappa shape index (κ3) is 2.74. The maximum Gasteiger partial charge on any atom is 0.159 e. The predicted molar refractivity (Wildman–Crippen MR) is 85.3 cm³/mol. The van der Waals surface area contributed by atoms with Crippen LogP contribution in [-0.2, 0) is 6.42 Å². The Hall–Kier alpha value is -2.56. The number of nitrogens with zero attached hydrogens (tertiary/aromatic N) is 5. The summed E-state index contributed by atoms with van der Waals surface area (Å²) in [4.78, 5) is 17.5. The second-order valence-electron chi connectivity index (χ2n) is 5.07. The fourth-order valence-electron chi connectivity index (χ4n) is 2.64. The smallest absolute Gasteiger partial charge is 0.159 e. The van der Waals surface area contributed by atoms with Crippen LogP contribution in [0.4, 0.5) is 0 Å². The molecule has 0 aliphatic rings. The van der Waals surface area contributed by atoms with Crippen LogP contribution in [0.2, 0.25) is 0 Å². The molecular weight excluding hydrogens is 274 g/mol. The summed E-state index contributed by atoms with van der Waals surface area (Å²) in [5.74, 6) is 1.71. The summed E-state index contributed by atoms with van der Waals surface area (Å²) in [5.41, 5.74) is 2.09. The summed E-state index contributed by atoms with van der Waals surface area (Å²) in [7, 11) is 0. The fraction of sp³-hybridized carbons (Fsp3) is 0.294. The summed E-state index contributed by atoms with van der Waals surface area (Å²) >= 11 is 0. The van der Waals surface area contributed by atoms with Gasteiger partial charge in [-0.15, -0.1) is 0 Å². The van der Waals surface area contributed by atoms with Gasteiger partial charge >= 0.3 is 0 Å². The minimum absolute atomic E-state index is 0.223. The van der Waals surface area contributed by atoms with Gasteiger partial charge in [0.2, 0.25) is 0 Å². The molecule has 0 aromatic carbocycles. The molecule has 0 radical (unpaired) electrons. The van der Waals surface area contributed by atoms with Crippen molar-refractivity contribution in [2.24, 2.45) is 0 Å². The van der Waals surface area contributed by atoms with Crippen molar-refractivity contribution in [2.75, 3.05) is 0 Å². The molecule has 5 nitrogen and oxygen atoms in total. The van der Waals surface area contributed by atoms with Crippen LogP contribution in [0.3, 0.4) is 0 Å². The van der Waals surface area contributed by atoms with E-state index in [1.807, 2.05) is 30.9 Å². The van der Waals surface area contributed by atoms with Gasteiger partial charge in [-0.05, 0) is 30.2 Å². The zero-order valence-electron chi connectivity index (χ0n) is 12.8. The van der Waals surface area contributed by atoms with E-state index in [0.29, 0.717) is 0 Å². The Labute approximate surface area is 130 Å². The highest BCUT2D eigenvalue weighted by Gasteiger charge is 2.17. The molecule has 3 aromatic rings. The molecule has 1 atom stereocenters. The standard InChI is InChI=1S/C17H19N5/c1-3-15(13-5-8-18-9-6-13)22-12-11-20-17(22)14-7-10-19-16(4-2)21-14/h5-12,15H,3-4H2,1-2H3/t15-/m0/s1. The van der Waals surface area contributed by atoms with Gasteiger partial charge in [0.25, 0.3) is 0 Å². The maximum atomic E-state index is 4.60. The number of hydrogen-bond donors (Lipinski definition) is 0. The first-order chi connectivity index (χ1) is 10.8. The predicted octanol–water partition coefficient (Wildman–Crippen LogP) is 3.30. The molecule has 3 rings (SSSR count). The SMILES string of the molecule is CCc1nccc(-c2nccn2[C@@H](CC)c2ccncc2)n1. The Bertz CT molecular complexity index is 736. The van der Waals surface area contributed by atoms with Crippen LogP contribution in [0.5, 0.6) is 0 Å². The molecule has 0 aliphatic carbocycles. The van der Waals surface area contributed by atoms with Crippen molar-refractivity contribution in [3.63, 3.8) is 0 Å². The van der Waals surface area contributed by atoms with Gasteiger partial charge < -0.3 is 4.57 Å². The molecule has 22 heavy (non-hydrogen) atoms. The van der Waals surface area contributed by atoms with Gasteiger partial charge in [-0.2, -0.15) is 0 Å². The van der Waals surface area contributed by atoms with Crippen molar-refractivity contribution in [1.82, 2.24) is 24.5 Å². The minimum Gasteiger partial charge on any atom is -0.322 e. The average Bonchev–Trinajstić information content (AvgIpc) is 3.06. The highest BCUT2D eigenvalue weighted by atomic mass is 15.1. The van der Waals surface area contributed by atoms with Gasteiger partial charge in [0.15, 0.2) is 5.82 Å². The highest BCUT2D eigenvalue weighted by Crippen LogP contribution is 2.26. The monoisotopic (exact) mass is 293 g/mol. The Morgan fingerprint density at radius 1 is 1.00 bits per heavy atom. The van der Waals surface area contributed by atoms with E-state index in [-0.39, 0.29) is 6.04 Å². The number of aryl methyl sites for hydroxylation is 1. The molecular formula is C17H19N5. The molecule has 0 aliphatic heterocycles. The van der Waals surface area contributed by atoms with E-state index in [2.05, 4.69) is 50.5 Å². The van der Waals surface area contributed by atoms with Crippen LogP contribution >= 0.6 is 0 Å². The van der Waals surface area contributed by atoms with Crippen LogP contribution in [0.1, 0.15) is 37.7 Å². The van der Waals surface area contributed by atoms with Crippen molar-refractivity contribution in [1.29, 1.82) is 0 Å². The molecule has 0 spiro atoms. The molecule has 0 fully saturated rings. The zero-order chi connectivity index (χ0) is 15.4. The van der Waals surface area contributed by atoms with Crippen molar-refractivity contribution in [2.45, 2.75) is 32.7 Å². The molecule has 0 amide bonds. The van der Waals surface area contributed by atoms with Gasteiger partial charge in [-0.1, -0.05) is 13.8 Å². The Kier molecular flexibility index (Phi) is 4.23. The first-order valence-electron chi connectivity index (χ1n) is 7.58. The van der Waals surface area contributed by atoms with Crippen molar-refractivity contribution < 1.29 is 0 Å². The van der Waals surface area contributed by atoms with Crippen LogP contribution in [-0.4, -0.2) is 24.5 Å². The Balaban J connectivity index is 2.04. The second-order valence-corrected chi connectivity index (χ2v) is 5.07. The van der Waals surface area contributed by atoms with E-state index in [1.165, 1.54) is 5.56 Å². The van der Waals surface area contributed by atoms with Crippen molar-refractivity contribution in [3.8, 4) is 11.5 Å². The van der Waals surface area contributed by atoms with Gasteiger partial charge in [0.05, 0.1) is 6.04 Å². The third-order valence-electron chi connectivity index (χ3n) is 3.73. The summed E-state index contributed by atoms with van der Waals surface area (Å²) in [6.07, 6.45) is 11.1. The molecule has 5 heteroatoms. The van der Waals surface area contributed by atoms with Gasteiger partial charge in [0.1, 0.15) is 11.5 Å². The number of imidazole rings is 1. The average molecular weight is 293 g/mol. The van der Waals surface area contributed by atoms with E-state index >= 15 is 0 Å². The summed E-state index contributed by atoms with van der Waals surface area (Å²) in [6.45, 7) is 4.23. The largest absolute Gasteiger partial charge is 0.322 e. The molecule has 0 unspecified atom stereocenters. The molecule has 0 saturated heterocycles. The second kappa shape index (κ2) is 6.47. The first-order valence-corrected chi connectivity index (χ1v) is 7.58. The number of rotatable bonds is 5. The topological polar surface area (TPSA) is 56.5 Å². The summed E-state index contributed by atoms with van der Waals surface area (Å²) < 4.78 is 2.18. The molecule has 0 saturated carbocycles. The summed E-state index contributed by atoms with van der Waals surface area (Å²) in [6, 6.07) is 6.24. The fourth-order valence-corrected chi connectivity index (χ4v) is 2.64. The first kappa shape index (κ1) is 14.4. The van der Waals surface area contributed by atoms with Gasteiger partial charge in [-0.25, -0.2) is 15.0 Å². The van der Waals surface area contributed by atoms with Crippen molar-refractivity contribution in [3.05, 3.63) is 60.6 Å². The summed E-state index contributed by atoms with van der Waals surface area (Å²) in [5, 5.41) is 0. The molecule has 0 bridgehead atoms. The number of aromatic nitrogens is 5. The third-order valence-corrected chi connectivity index (χ3v) is 3.73. The lowest BCUT2D eigenvalue weighted by atomic mass is 10.1. The van der Waals surface area contributed by atoms with E-state index in [9.17, 15) is 0 Å². The van der Waals surface area contributed by atoms with Crippen LogP contribution < -0.4 is 0 Å². The number of pyridine rings is 1. The normalized spacial score (nSPS) is 12.3. The lowest BCUT2D eigenvalue weighted by molar-refractivity contribution is 0.570. The van der Waals surface area contributed by atoms with E-state index < -0.39 is 0 Å². The lowest BCUT2D eigenvalue weighted by Gasteiger charge is -2.19. The Morgan fingerprint density at radius 3 is 2.55 bits per heavy atom. The minimum atomic E-state index is 0.223. The van der Waals surface area contributed by atoms with E-state index in [4.69, 9.17) is 0 Å². The maximum absolute atomic E-state index is 4.60. The van der Waals surface area contributed by atoms with Crippen LogP contribution in [0, 0.1) is 0 Å².